The molecular formula is C12H19N3O3. The molecule has 1 aliphatic rings. The van der Waals surface area contributed by atoms with Crippen molar-refractivity contribution in [3.05, 3.63) is 22.2 Å². The van der Waals surface area contributed by atoms with E-state index in [1.807, 2.05) is 6.92 Å². The van der Waals surface area contributed by atoms with Gasteiger partial charge in [0.2, 0.25) is 0 Å². The zero-order chi connectivity index (χ0) is 13.2. The molecule has 0 bridgehead atoms. The SMILES string of the molecule is CCC(CO)(CO)Nc1cc(=O)[nH]c(C2CC2)n1. The zero-order valence-electron chi connectivity index (χ0n) is 10.4. The van der Waals surface area contributed by atoms with E-state index in [1.54, 1.807) is 0 Å². The first kappa shape index (κ1) is 13.0. The van der Waals surface area contributed by atoms with E-state index in [1.165, 1.54) is 6.07 Å². The van der Waals surface area contributed by atoms with Crippen molar-refractivity contribution in [1.29, 1.82) is 0 Å². The van der Waals surface area contributed by atoms with Crippen LogP contribution in [0.1, 0.15) is 37.9 Å². The summed E-state index contributed by atoms with van der Waals surface area (Å²) in [5.74, 6) is 1.44. The number of rotatable bonds is 6. The summed E-state index contributed by atoms with van der Waals surface area (Å²) in [6.45, 7) is 1.43. The van der Waals surface area contributed by atoms with Crippen molar-refractivity contribution in [3.8, 4) is 0 Å². The van der Waals surface area contributed by atoms with Crippen molar-refractivity contribution in [3.63, 3.8) is 0 Å². The first-order chi connectivity index (χ1) is 8.62. The molecule has 100 valence electrons. The summed E-state index contributed by atoms with van der Waals surface area (Å²) >= 11 is 0. The summed E-state index contributed by atoms with van der Waals surface area (Å²) in [4.78, 5) is 18.6. The molecule has 0 radical (unpaired) electrons. The lowest BCUT2D eigenvalue weighted by molar-refractivity contribution is 0.132. The van der Waals surface area contributed by atoms with Gasteiger partial charge in [0, 0.05) is 12.0 Å². The molecule has 18 heavy (non-hydrogen) atoms. The standard InChI is InChI=1S/C12H19N3O3/c1-2-12(6-16,7-17)15-9-5-10(18)14-11(13-9)8-3-4-8/h5,8,16-17H,2-4,6-7H2,1H3,(H2,13,14,15,18). The van der Waals surface area contributed by atoms with E-state index in [0.717, 1.165) is 12.8 Å². The molecule has 6 nitrogen and oxygen atoms in total. The number of nitrogens with one attached hydrogen (secondary N) is 2. The maximum absolute atomic E-state index is 11.5. The lowest BCUT2D eigenvalue weighted by atomic mass is 9.98. The monoisotopic (exact) mass is 253 g/mol. The fourth-order valence-electron chi connectivity index (χ4n) is 1.80. The van der Waals surface area contributed by atoms with Gasteiger partial charge in [0.1, 0.15) is 11.6 Å². The second-order valence-corrected chi connectivity index (χ2v) is 4.87. The van der Waals surface area contributed by atoms with Crippen molar-refractivity contribution in [2.75, 3.05) is 18.5 Å². The molecule has 0 unspecified atom stereocenters. The minimum absolute atomic E-state index is 0.213. The van der Waals surface area contributed by atoms with Gasteiger partial charge in [-0.25, -0.2) is 4.98 Å². The van der Waals surface area contributed by atoms with Gasteiger partial charge in [-0.3, -0.25) is 4.79 Å². The Kier molecular flexibility index (Phi) is 3.68. The van der Waals surface area contributed by atoms with Crippen LogP contribution >= 0.6 is 0 Å². The Hall–Kier alpha value is -1.40. The third kappa shape index (κ3) is 2.70. The average molecular weight is 253 g/mol. The average Bonchev–Trinajstić information content (AvgIpc) is 3.20. The van der Waals surface area contributed by atoms with Gasteiger partial charge in [0.05, 0.1) is 18.8 Å². The quantitative estimate of drug-likeness (QED) is 0.580. The molecule has 1 aromatic heterocycles. The summed E-state index contributed by atoms with van der Waals surface area (Å²) in [7, 11) is 0. The van der Waals surface area contributed by atoms with E-state index in [-0.39, 0.29) is 18.8 Å². The Balaban J connectivity index is 2.24. The number of aliphatic hydroxyl groups excluding tert-OH is 2. The highest BCUT2D eigenvalue weighted by Gasteiger charge is 2.29. The number of nitrogens with zero attached hydrogens (tertiary/aromatic N) is 1. The molecular weight excluding hydrogens is 234 g/mol. The number of hydrogen-bond acceptors (Lipinski definition) is 5. The van der Waals surface area contributed by atoms with Gasteiger partial charge in [-0.15, -0.1) is 0 Å². The molecule has 1 aromatic rings. The molecule has 2 rings (SSSR count). The molecule has 0 amide bonds. The molecule has 1 aliphatic carbocycles. The highest BCUT2D eigenvalue weighted by atomic mass is 16.3. The molecule has 0 aromatic carbocycles. The lowest BCUT2D eigenvalue weighted by Crippen LogP contribution is -2.45. The molecule has 4 N–H and O–H groups in total. The van der Waals surface area contributed by atoms with Crippen molar-refractivity contribution in [2.24, 2.45) is 0 Å². The van der Waals surface area contributed by atoms with Gasteiger partial charge in [-0.05, 0) is 19.3 Å². The van der Waals surface area contributed by atoms with Crippen LogP contribution in [0.3, 0.4) is 0 Å². The Bertz CT molecular complexity index is 456. The summed E-state index contributed by atoms with van der Waals surface area (Å²) in [5, 5.41) is 21.7. The van der Waals surface area contributed by atoms with Gasteiger partial charge < -0.3 is 20.5 Å². The highest BCUT2D eigenvalue weighted by Crippen LogP contribution is 2.37. The fraction of sp³-hybridized carbons (Fsp3) is 0.667. The molecule has 0 atom stereocenters. The van der Waals surface area contributed by atoms with Crippen LogP contribution in [0.2, 0.25) is 0 Å². The lowest BCUT2D eigenvalue weighted by Gasteiger charge is -2.30. The third-order valence-electron chi connectivity index (χ3n) is 3.40. The highest BCUT2D eigenvalue weighted by molar-refractivity contribution is 5.37. The van der Waals surface area contributed by atoms with Gasteiger partial charge >= 0.3 is 0 Å². The number of aliphatic hydroxyl groups is 2. The Morgan fingerprint density at radius 2 is 2.17 bits per heavy atom. The molecule has 1 heterocycles. The molecule has 0 saturated heterocycles. The summed E-state index contributed by atoms with van der Waals surface area (Å²) in [6.07, 6.45) is 2.63. The van der Waals surface area contributed by atoms with Crippen LogP contribution in [-0.2, 0) is 0 Å². The number of aromatic nitrogens is 2. The number of hydrogen-bond donors (Lipinski definition) is 4. The molecule has 0 spiro atoms. The maximum Gasteiger partial charge on any atom is 0.252 e. The Morgan fingerprint density at radius 1 is 1.50 bits per heavy atom. The van der Waals surface area contributed by atoms with E-state index >= 15 is 0 Å². The van der Waals surface area contributed by atoms with E-state index in [2.05, 4.69) is 15.3 Å². The fourth-order valence-corrected chi connectivity index (χ4v) is 1.80. The van der Waals surface area contributed by atoms with Crippen molar-refractivity contribution in [2.45, 2.75) is 37.6 Å². The second-order valence-electron chi connectivity index (χ2n) is 4.87. The predicted octanol–water partition coefficient (Wildman–Crippen LogP) is 0.193. The van der Waals surface area contributed by atoms with Crippen LogP contribution in [0.15, 0.2) is 10.9 Å². The van der Waals surface area contributed by atoms with Crippen molar-refractivity contribution in [1.82, 2.24) is 9.97 Å². The van der Waals surface area contributed by atoms with E-state index < -0.39 is 5.54 Å². The minimum atomic E-state index is -0.832. The summed E-state index contributed by atoms with van der Waals surface area (Å²) in [5.41, 5.74) is -1.04. The third-order valence-corrected chi connectivity index (χ3v) is 3.40. The van der Waals surface area contributed by atoms with Crippen LogP contribution in [0.25, 0.3) is 0 Å². The largest absolute Gasteiger partial charge is 0.394 e. The number of H-pyrrole nitrogens is 1. The van der Waals surface area contributed by atoms with Crippen LogP contribution < -0.4 is 10.9 Å². The van der Waals surface area contributed by atoms with Crippen molar-refractivity contribution >= 4 is 5.82 Å². The van der Waals surface area contributed by atoms with Gasteiger partial charge in [-0.1, -0.05) is 6.92 Å². The Morgan fingerprint density at radius 3 is 2.67 bits per heavy atom. The molecule has 1 fully saturated rings. The number of aromatic amines is 1. The van der Waals surface area contributed by atoms with Gasteiger partial charge in [-0.2, -0.15) is 0 Å². The van der Waals surface area contributed by atoms with Gasteiger partial charge in [0.15, 0.2) is 0 Å². The van der Waals surface area contributed by atoms with E-state index in [4.69, 9.17) is 0 Å². The van der Waals surface area contributed by atoms with E-state index in [0.29, 0.717) is 24.0 Å². The molecule has 0 aliphatic heterocycles. The minimum Gasteiger partial charge on any atom is -0.394 e. The first-order valence-corrected chi connectivity index (χ1v) is 6.23. The smallest absolute Gasteiger partial charge is 0.252 e. The van der Waals surface area contributed by atoms with Crippen molar-refractivity contribution < 1.29 is 10.2 Å². The zero-order valence-corrected chi connectivity index (χ0v) is 10.4. The topological polar surface area (TPSA) is 98.2 Å². The predicted molar refractivity (Wildman–Crippen MR) is 67.6 cm³/mol. The summed E-state index contributed by atoms with van der Waals surface area (Å²) in [6, 6.07) is 1.35. The Labute approximate surface area is 105 Å². The van der Waals surface area contributed by atoms with E-state index in [9.17, 15) is 15.0 Å². The van der Waals surface area contributed by atoms with Crippen LogP contribution in [-0.4, -0.2) is 38.9 Å². The van der Waals surface area contributed by atoms with Gasteiger partial charge in [0.25, 0.3) is 5.56 Å². The number of anilines is 1. The maximum atomic E-state index is 11.5. The molecule has 1 saturated carbocycles. The molecule has 6 heteroatoms. The van der Waals surface area contributed by atoms with Crippen LogP contribution in [0, 0.1) is 0 Å². The first-order valence-electron chi connectivity index (χ1n) is 6.23. The second kappa shape index (κ2) is 5.07. The van der Waals surface area contributed by atoms with Crippen LogP contribution in [0.4, 0.5) is 5.82 Å². The normalized spacial score (nSPS) is 15.7. The summed E-state index contributed by atoms with van der Waals surface area (Å²) < 4.78 is 0. The van der Waals surface area contributed by atoms with Crippen LogP contribution in [0.5, 0.6) is 0 Å².